The van der Waals surface area contributed by atoms with Crippen LogP contribution in [0.3, 0.4) is 0 Å². The van der Waals surface area contributed by atoms with Gasteiger partial charge in [0, 0.05) is 19.3 Å². The Bertz CT molecular complexity index is 1290. The predicted molar refractivity (Wildman–Crippen MR) is 179 cm³/mol. The third-order valence-corrected chi connectivity index (χ3v) is 12.2. The Morgan fingerprint density at radius 2 is 1.53 bits per heavy atom. The fraction of sp³-hybridized carbons (Fsp3) is 0.853. The Morgan fingerprint density at radius 3 is 2.13 bits per heavy atom. The summed E-state index contributed by atoms with van der Waals surface area (Å²) in [6.07, 6.45) is 10.9. The van der Waals surface area contributed by atoms with Crippen molar-refractivity contribution in [3.8, 4) is 0 Å². The molecule has 1 heterocycles. The van der Waals surface area contributed by atoms with Gasteiger partial charge in [0.05, 0.1) is 17.3 Å². The van der Waals surface area contributed by atoms with Gasteiger partial charge in [-0.1, -0.05) is 72.6 Å². The number of hydrogen-bond acceptors (Lipinski definition) is 7. The zero-order chi connectivity index (χ0) is 34.6. The Kier molecular flexibility index (Phi) is 12.0. The molecule has 4 N–H and O–H groups in total. The van der Waals surface area contributed by atoms with E-state index in [-0.39, 0.29) is 34.8 Å². The maximum absolute atomic E-state index is 14.5. The van der Waals surface area contributed by atoms with Gasteiger partial charge in [0.25, 0.3) is 5.91 Å². The lowest BCUT2D eigenvalue weighted by Gasteiger charge is -2.40. The highest BCUT2D eigenvalue weighted by atomic mass is 32.2. The first kappa shape index (κ1) is 37.1. The van der Waals surface area contributed by atoms with Crippen LogP contribution in [0.25, 0.3) is 0 Å². The van der Waals surface area contributed by atoms with Gasteiger partial charge >= 0.3 is 6.03 Å². The highest BCUT2D eigenvalue weighted by Gasteiger charge is 2.69. The van der Waals surface area contributed by atoms with Crippen LogP contribution < -0.4 is 21.3 Å². The van der Waals surface area contributed by atoms with Crippen molar-refractivity contribution in [1.82, 2.24) is 26.2 Å². The van der Waals surface area contributed by atoms with E-state index in [4.69, 9.17) is 0 Å². The molecule has 3 aliphatic carbocycles. The number of carbonyl (C=O) groups excluding carboxylic acids is 5. The second kappa shape index (κ2) is 15.2. The van der Waals surface area contributed by atoms with Gasteiger partial charge in [0.1, 0.15) is 21.9 Å². The van der Waals surface area contributed by atoms with Crippen LogP contribution in [0.15, 0.2) is 0 Å². The molecule has 13 heteroatoms. The van der Waals surface area contributed by atoms with Gasteiger partial charge in [0.2, 0.25) is 17.6 Å². The quantitative estimate of drug-likeness (QED) is 0.205. The molecule has 2 unspecified atom stereocenters. The van der Waals surface area contributed by atoms with Gasteiger partial charge in [0.15, 0.2) is 0 Å². The van der Waals surface area contributed by atoms with E-state index in [9.17, 15) is 32.4 Å². The zero-order valence-corrected chi connectivity index (χ0v) is 29.8. The number of rotatable bonds is 14. The molecule has 3 saturated carbocycles. The molecule has 0 aromatic carbocycles. The van der Waals surface area contributed by atoms with Crippen molar-refractivity contribution in [1.29, 1.82) is 0 Å². The number of piperidine rings is 1. The highest BCUT2D eigenvalue weighted by molar-refractivity contribution is 7.90. The summed E-state index contributed by atoms with van der Waals surface area (Å²) < 4.78 is 24.7. The second-order valence-electron chi connectivity index (χ2n) is 15.2. The molecule has 47 heavy (non-hydrogen) atoms. The fourth-order valence-corrected chi connectivity index (χ4v) is 9.96. The summed E-state index contributed by atoms with van der Waals surface area (Å²) in [4.78, 5) is 69.4. The third kappa shape index (κ3) is 8.86. The monoisotopic (exact) mass is 679 g/mol. The lowest BCUT2D eigenvalue weighted by Crippen LogP contribution is -2.63. The molecule has 0 aromatic rings. The number of carbonyl (C=O) groups is 5. The molecule has 0 spiro atoms. The molecule has 0 radical (unpaired) electrons. The molecular weight excluding hydrogens is 622 g/mol. The van der Waals surface area contributed by atoms with Crippen LogP contribution in [0.5, 0.6) is 0 Å². The van der Waals surface area contributed by atoms with Crippen LogP contribution in [-0.2, 0) is 29.0 Å². The van der Waals surface area contributed by atoms with E-state index >= 15 is 0 Å². The van der Waals surface area contributed by atoms with E-state index < -0.39 is 57.1 Å². The van der Waals surface area contributed by atoms with E-state index in [0.29, 0.717) is 45.2 Å². The summed E-state index contributed by atoms with van der Waals surface area (Å²) in [6, 6.07) is -3.27. The number of nitrogens with one attached hydrogen (secondary N) is 4. The van der Waals surface area contributed by atoms with E-state index in [1.165, 1.54) is 6.26 Å². The molecular formula is C34H57N5O7S. The van der Waals surface area contributed by atoms with Gasteiger partial charge in [-0.05, 0) is 61.7 Å². The van der Waals surface area contributed by atoms with Crippen molar-refractivity contribution in [3.05, 3.63) is 0 Å². The zero-order valence-electron chi connectivity index (χ0n) is 29.0. The lowest BCUT2D eigenvalue weighted by molar-refractivity contribution is -0.144. The molecule has 4 fully saturated rings. The topological polar surface area (TPSA) is 171 Å². The molecule has 0 aromatic heterocycles. The SMILES string of the molecule is CCCNC(=O)C(=O)C(CCC)NC(=O)[C@@H]1[C@@H]2C(CN1C(=O)[C@@H](NC(=O)NC1(CS(C)(=O)=O)CCCCC1)C1CCCCC1)C2(C)C. The minimum Gasteiger partial charge on any atom is -0.349 e. The molecule has 0 bridgehead atoms. The number of likely N-dealkylation sites (tertiary alicyclic amines) is 1. The van der Waals surface area contributed by atoms with Crippen molar-refractivity contribution in [2.45, 2.75) is 135 Å². The van der Waals surface area contributed by atoms with Crippen LogP contribution in [-0.4, -0.2) is 91.6 Å². The van der Waals surface area contributed by atoms with E-state index in [1.807, 2.05) is 13.8 Å². The van der Waals surface area contributed by atoms with Crippen molar-refractivity contribution >= 4 is 39.4 Å². The Balaban J connectivity index is 1.56. The van der Waals surface area contributed by atoms with Crippen LogP contribution >= 0.6 is 0 Å². The number of hydrogen-bond donors (Lipinski definition) is 4. The van der Waals surface area contributed by atoms with Crippen LogP contribution in [0, 0.1) is 23.2 Å². The Labute approximate surface area is 280 Å². The van der Waals surface area contributed by atoms with Crippen molar-refractivity contribution in [2.24, 2.45) is 23.2 Å². The normalized spacial score (nSPS) is 26.3. The highest BCUT2D eigenvalue weighted by Crippen LogP contribution is 2.65. The summed E-state index contributed by atoms with van der Waals surface area (Å²) in [5.41, 5.74) is -1.06. The van der Waals surface area contributed by atoms with Crippen LogP contribution in [0.2, 0.25) is 0 Å². The minimum atomic E-state index is -3.38. The molecule has 4 rings (SSSR count). The van der Waals surface area contributed by atoms with Gasteiger partial charge in [-0.2, -0.15) is 0 Å². The summed E-state index contributed by atoms with van der Waals surface area (Å²) >= 11 is 0. The average Bonchev–Trinajstić information content (AvgIpc) is 3.32. The Hall–Kier alpha value is -2.70. The third-order valence-electron chi connectivity index (χ3n) is 11.1. The van der Waals surface area contributed by atoms with Crippen molar-refractivity contribution in [2.75, 3.05) is 25.1 Å². The molecule has 1 aliphatic heterocycles. The number of amides is 5. The molecule has 5 amide bonds. The number of Topliss-reactive ketones (excluding diaryl/α,β-unsaturated/α-hetero) is 1. The van der Waals surface area contributed by atoms with Crippen molar-refractivity contribution < 1.29 is 32.4 Å². The molecule has 266 valence electrons. The molecule has 12 nitrogen and oxygen atoms in total. The Morgan fingerprint density at radius 1 is 0.894 bits per heavy atom. The summed E-state index contributed by atoms with van der Waals surface area (Å²) in [5.74, 6) is -2.49. The molecule has 4 aliphatic rings. The first-order chi connectivity index (χ1) is 22.1. The van der Waals surface area contributed by atoms with Crippen LogP contribution in [0.1, 0.15) is 111 Å². The van der Waals surface area contributed by atoms with E-state index in [1.54, 1.807) is 4.90 Å². The first-order valence-electron chi connectivity index (χ1n) is 17.8. The molecule has 1 saturated heterocycles. The van der Waals surface area contributed by atoms with E-state index in [0.717, 1.165) is 51.4 Å². The van der Waals surface area contributed by atoms with Gasteiger partial charge in [-0.25, -0.2) is 13.2 Å². The largest absolute Gasteiger partial charge is 0.349 e. The summed E-state index contributed by atoms with van der Waals surface area (Å²) in [6.45, 7) is 8.64. The maximum atomic E-state index is 14.5. The van der Waals surface area contributed by atoms with Gasteiger partial charge in [-0.15, -0.1) is 0 Å². The number of ketones is 1. The molecule has 5 atom stereocenters. The maximum Gasteiger partial charge on any atom is 0.315 e. The number of nitrogens with zero attached hydrogens (tertiary/aromatic N) is 1. The predicted octanol–water partition coefficient (Wildman–Crippen LogP) is 2.85. The van der Waals surface area contributed by atoms with Gasteiger partial charge < -0.3 is 26.2 Å². The number of sulfone groups is 1. The van der Waals surface area contributed by atoms with E-state index in [2.05, 4.69) is 35.1 Å². The van der Waals surface area contributed by atoms with Crippen molar-refractivity contribution in [3.63, 3.8) is 0 Å². The smallest absolute Gasteiger partial charge is 0.315 e. The van der Waals surface area contributed by atoms with Gasteiger partial charge in [-0.3, -0.25) is 19.2 Å². The summed E-state index contributed by atoms with van der Waals surface area (Å²) in [7, 11) is -3.38. The lowest BCUT2D eigenvalue weighted by atomic mass is 9.82. The first-order valence-corrected chi connectivity index (χ1v) is 19.9. The fourth-order valence-electron chi connectivity index (χ4n) is 8.59. The summed E-state index contributed by atoms with van der Waals surface area (Å²) in [5, 5.41) is 11.4. The average molecular weight is 680 g/mol. The second-order valence-corrected chi connectivity index (χ2v) is 17.4. The standard InChI is InChI=1S/C34H57N5O7S/c1-6-14-24(28(40)30(42)35-19-7-2)36-29(41)27-25-23(33(25,3)4)20-39(27)31(43)26(22-15-10-8-11-16-22)37-32(44)38-34(21-47(5,45)46)17-12-9-13-18-34/h22-27H,6-21H2,1-5H3,(H,35,42)(H,36,41)(H2,37,38,44)/t23?,24?,25-,26-,27-/m0/s1. The number of urea groups is 1. The van der Waals surface area contributed by atoms with Crippen LogP contribution in [0.4, 0.5) is 4.79 Å². The number of fused-ring (bicyclic) bond motifs is 1. The minimum absolute atomic E-state index is 0.0940.